The number of carboxylic acids is 1. The highest BCUT2D eigenvalue weighted by Crippen LogP contribution is 2.37. The van der Waals surface area contributed by atoms with Crippen molar-refractivity contribution in [3.05, 3.63) is 35.4 Å². The third-order valence-corrected chi connectivity index (χ3v) is 3.68. The van der Waals surface area contributed by atoms with Crippen molar-refractivity contribution in [2.75, 3.05) is 0 Å². The number of hydrogen-bond donors (Lipinski definition) is 1. The lowest BCUT2D eigenvalue weighted by Gasteiger charge is -2.27. The number of aliphatic carboxylic acids is 1. The molecule has 4 heteroatoms. The summed E-state index contributed by atoms with van der Waals surface area (Å²) >= 11 is 0. The molecule has 1 aliphatic rings. The molecule has 1 aliphatic carbocycles. The number of halogens is 2. The van der Waals surface area contributed by atoms with Gasteiger partial charge in [0.05, 0.1) is 5.92 Å². The first-order valence-corrected chi connectivity index (χ1v) is 6.27. The number of carbonyl (C=O) groups is 1. The predicted octanol–water partition coefficient (Wildman–Crippen LogP) is 3.71. The van der Waals surface area contributed by atoms with Crippen LogP contribution < -0.4 is 0 Å². The molecule has 0 radical (unpaired) electrons. The van der Waals surface area contributed by atoms with Gasteiger partial charge in [0.25, 0.3) is 0 Å². The molecule has 1 fully saturated rings. The van der Waals surface area contributed by atoms with Crippen molar-refractivity contribution in [2.24, 2.45) is 5.92 Å². The molecule has 18 heavy (non-hydrogen) atoms. The zero-order chi connectivity index (χ0) is 13.1. The SMILES string of the molecule is O=C(O)C(c1ccc(F)cc1F)C1CCCCC1. The summed E-state index contributed by atoms with van der Waals surface area (Å²) in [6.45, 7) is 0. The van der Waals surface area contributed by atoms with Gasteiger partial charge in [-0.3, -0.25) is 4.79 Å². The normalized spacial score (nSPS) is 18.6. The Morgan fingerprint density at radius 1 is 1.22 bits per heavy atom. The van der Waals surface area contributed by atoms with Crippen LogP contribution in [-0.2, 0) is 4.79 Å². The van der Waals surface area contributed by atoms with Crippen LogP contribution in [0.5, 0.6) is 0 Å². The average Bonchev–Trinajstić information content (AvgIpc) is 2.33. The van der Waals surface area contributed by atoms with E-state index in [4.69, 9.17) is 0 Å². The molecule has 0 amide bonds. The van der Waals surface area contributed by atoms with E-state index in [0.29, 0.717) is 0 Å². The van der Waals surface area contributed by atoms with Gasteiger partial charge >= 0.3 is 5.97 Å². The third-order valence-electron chi connectivity index (χ3n) is 3.68. The minimum Gasteiger partial charge on any atom is -0.481 e. The van der Waals surface area contributed by atoms with Crippen LogP contribution in [0.15, 0.2) is 18.2 Å². The molecule has 1 aromatic rings. The Labute approximate surface area is 105 Å². The van der Waals surface area contributed by atoms with Gasteiger partial charge in [0.15, 0.2) is 0 Å². The van der Waals surface area contributed by atoms with Crippen molar-refractivity contribution >= 4 is 5.97 Å². The molecule has 0 aliphatic heterocycles. The number of hydrogen-bond acceptors (Lipinski definition) is 1. The third kappa shape index (κ3) is 2.68. The van der Waals surface area contributed by atoms with Crippen molar-refractivity contribution < 1.29 is 18.7 Å². The topological polar surface area (TPSA) is 37.3 Å². The summed E-state index contributed by atoms with van der Waals surface area (Å²) in [5, 5.41) is 9.31. The molecule has 2 rings (SSSR count). The van der Waals surface area contributed by atoms with Gasteiger partial charge in [0.2, 0.25) is 0 Å². The van der Waals surface area contributed by atoms with E-state index in [1.54, 1.807) is 0 Å². The summed E-state index contributed by atoms with van der Waals surface area (Å²) in [5.41, 5.74) is 0.107. The van der Waals surface area contributed by atoms with Crippen LogP contribution in [0, 0.1) is 17.6 Å². The minimum atomic E-state index is -1.02. The molecule has 1 saturated carbocycles. The van der Waals surface area contributed by atoms with Crippen LogP contribution in [0.2, 0.25) is 0 Å². The number of benzene rings is 1. The number of carboxylic acid groups (broad SMARTS) is 1. The van der Waals surface area contributed by atoms with Gasteiger partial charge in [-0.25, -0.2) is 8.78 Å². The van der Waals surface area contributed by atoms with Crippen molar-refractivity contribution in [3.63, 3.8) is 0 Å². The summed E-state index contributed by atoms with van der Waals surface area (Å²) in [6, 6.07) is 3.14. The maximum absolute atomic E-state index is 13.7. The predicted molar refractivity (Wildman–Crippen MR) is 63.3 cm³/mol. The Morgan fingerprint density at radius 3 is 2.44 bits per heavy atom. The molecular weight excluding hydrogens is 238 g/mol. The summed E-state index contributed by atoms with van der Waals surface area (Å²) in [5.74, 6) is -3.36. The van der Waals surface area contributed by atoms with Crippen LogP contribution in [0.25, 0.3) is 0 Å². The summed E-state index contributed by atoms with van der Waals surface area (Å²) < 4.78 is 26.6. The average molecular weight is 254 g/mol. The molecule has 0 spiro atoms. The first-order valence-electron chi connectivity index (χ1n) is 6.27. The first-order chi connectivity index (χ1) is 8.59. The van der Waals surface area contributed by atoms with Crippen LogP contribution in [0.1, 0.15) is 43.6 Å². The Balaban J connectivity index is 2.31. The van der Waals surface area contributed by atoms with Gasteiger partial charge in [-0.2, -0.15) is 0 Å². The van der Waals surface area contributed by atoms with Gasteiger partial charge in [-0.1, -0.05) is 25.3 Å². The molecule has 98 valence electrons. The molecule has 1 unspecified atom stereocenters. The Bertz CT molecular complexity index is 439. The first kappa shape index (κ1) is 13.0. The smallest absolute Gasteiger partial charge is 0.311 e. The van der Waals surface area contributed by atoms with E-state index in [1.807, 2.05) is 0 Å². The van der Waals surface area contributed by atoms with E-state index in [-0.39, 0.29) is 11.5 Å². The lowest BCUT2D eigenvalue weighted by atomic mass is 9.76. The van der Waals surface area contributed by atoms with Crippen LogP contribution in [0.4, 0.5) is 8.78 Å². The molecule has 0 saturated heterocycles. The largest absolute Gasteiger partial charge is 0.481 e. The van der Waals surface area contributed by atoms with Gasteiger partial charge in [-0.15, -0.1) is 0 Å². The maximum atomic E-state index is 13.7. The lowest BCUT2D eigenvalue weighted by molar-refractivity contribution is -0.140. The fourth-order valence-electron chi connectivity index (χ4n) is 2.81. The maximum Gasteiger partial charge on any atom is 0.311 e. The highest BCUT2D eigenvalue weighted by molar-refractivity contribution is 5.76. The number of rotatable bonds is 3. The molecule has 2 nitrogen and oxygen atoms in total. The minimum absolute atomic E-state index is 0.0452. The van der Waals surface area contributed by atoms with E-state index in [9.17, 15) is 18.7 Å². The van der Waals surface area contributed by atoms with Crippen LogP contribution in [0.3, 0.4) is 0 Å². The molecular formula is C14H16F2O2. The van der Waals surface area contributed by atoms with Gasteiger partial charge in [-0.05, 0) is 24.8 Å². The van der Waals surface area contributed by atoms with Gasteiger partial charge in [0.1, 0.15) is 11.6 Å². The lowest BCUT2D eigenvalue weighted by Crippen LogP contribution is -2.24. The Kier molecular flexibility index (Phi) is 3.94. The molecule has 0 aromatic heterocycles. The van der Waals surface area contributed by atoms with Crippen molar-refractivity contribution in [3.8, 4) is 0 Å². The summed E-state index contributed by atoms with van der Waals surface area (Å²) in [6.07, 6.45) is 4.67. The van der Waals surface area contributed by atoms with E-state index in [2.05, 4.69) is 0 Å². The van der Waals surface area contributed by atoms with E-state index >= 15 is 0 Å². The standard InChI is InChI=1S/C14H16F2O2/c15-10-6-7-11(12(16)8-10)13(14(17)18)9-4-2-1-3-5-9/h6-9,13H,1-5H2,(H,17,18). The van der Waals surface area contributed by atoms with Crippen LogP contribution in [-0.4, -0.2) is 11.1 Å². The second-order valence-corrected chi connectivity index (χ2v) is 4.88. The molecule has 1 aromatic carbocycles. The zero-order valence-corrected chi connectivity index (χ0v) is 10.0. The molecule has 0 heterocycles. The van der Waals surface area contributed by atoms with Crippen molar-refractivity contribution in [1.29, 1.82) is 0 Å². The Hall–Kier alpha value is -1.45. The molecule has 1 N–H and O–H groups in total. The fourth-order valence-corrected chi connectivity index (χ4v) is 2.81. The quantitative estimate of drug-likeness (QED) is 0.892. The highest BCUT2D eigenvalue weighted by atomic mass is 19.1. The van der Waals surface area contributed by atoms with Crippen LogP contribution >= 0.6 is 0 Å². The zero-order valence-electron chi connectivity index (χ0n) is 10.0. The van der Waals surface area contributed by atoms with E-state index in [0.717, 1.165) is 44.2 Å². The van der Waals surface area contributed by atoms with Crippen molar-refractivity contribution in [2.45, 2.75) is 38.0 Å². The van der Waals surface area contributed by atoms with Gasteiger partial charge < -0.3 is 5.11 Å². The second-order valence-electron chi connectivity index (χ2n) is 4.88. The molecule has 0 bridgehead atoms. The van der Waals surface area contributed by atoms with E-state index in [1.165, 1.54) is 6.07 Å². The highest BCUT2D eigenvalue weighted by Gasteiger charge is 2.32. The molecule has 1 atom stereocenters. The summed E-state index contributed by atoms with van der Waals surface area (Å²) in [7, 11) is 0. The fraction of sp³-hybridized carbons (Fsp3) is 0.500. The van der Waals surface area contributed by atoms with Crippen molar-refractivity contribution in [1.82, 2.24) is 0 Å². The van der Waals surface area contributed by atoms with E-state index < -0.39 is 23.5 Å². The monoisotopic (exact) mass is 254 g/mol. The second kappa shape index (κ2) is 5.46. The summed E-state index contributed by atoms with van der Waals surface area (Å²) in [4.78, 5) is 11.4. The Morgan fingerprint density at radius 2 is 1.89 bits per heavy atom. The van der Waals surface area contributed by atoms with Gasteiger partial charge in [0, 0.05) is 11.6 Å².